The lowest BCUT2D eigenvalue weighted by molar-refractivity contribution is 0.0591. The number of ketones is 1. The summed E-state index contributed by atoms with van der Waals surface area (Å²) in [5, 5.41) is 3.77. The molecule has 100 valence electrons. The number of Topliss-reactive ketones (excluding diaryl/α,β-unsaturated/α-hetero) is 1. The van der Waals surface area contributed by atoms with Crippen LogP contribution in [-0.4, -0.2) is 29.4 Å². The van der Waals surface area contributed by atoms with Crippen LogP contribution in [0.15, 0.2) is 0 Å². The molecule has 1 heterocycles. The first kappa shape index (κ1) is 14.6. The Bertz CT molecular complexity index is 466. The first-order valence-corrected chi connectivity index (χ1v) is 6.50. The minimum absolute atomic E-state index is 0.0874. The highest BCUT2D eigenvalue weighted by Crippen LogP contribution is 2.27. The lowest BCUT2D eigenvalue weighted by Crippen LogP contribution is -2.29. The average molecular weight is 270 g/mol. The molecule has 0 aliphatic heterocycles. The second-order valence-corrected chi connectivity index (χ2v) is 5.61. The lowest BCUT2D eigenvalue weighted by atomic mass is 10.0. The third-order valence-electron chi connectivity index (χ3n) is 2.65. The van der Waals surface area contributed by atoms with E-state index < -0.39 is 5.97 Å². The number of nitrogens with one attached hydrogen (secondary N) is 1. The third-order valence-corrected chi connectivity index (χ3v) is 3.73. The summed E-state index contributed by atoms with van der Waals surface area (Å²) >= 11 is 1.18. The molecule has 0 atom stereocenters. The highest BCUT2D eigenvalue weighted by molar-refractivity contribution is 7.17. The number of aromatic nitrogens is 1. The molecule has 1 rings (SSSR count). The zero-order chi connectivity index (χ0) is 13.9. The highest BCUT2D eigenvalue weighted by Gasteiger charge is 2.24. The van der Waals surface area contributed by atoms with Crippen molar-refractivity contribution in [2.75, 3.05) is 12.4 Å². The monoisotopic (exact) mass is 270 g/mol. The van der Waals surface area contributed by atoms with Crippen molar-refractivity contribution in [2.45, 2.75) is 39.7 Å². The summed E-state index contributed by atoms with van der Waals surface area (Å²) in [6.07, 6.45) is 0.898. The van der Waals surface area contributed by atoms with Gasteiger partial charge >= 0.3 is 5.97 Å². The lowest BCUT2D eigenvalue weighted by Gasteiger charge is -2.23. The van der Waals surface area contributed by atoms with Gasteiger partial charge in [0.1, 0.15) is 4.88 Å². The van der Waals surface area contributed by atoms with Crippen molar-refractivity contribution in [3.05, 3.63) is 10.6 Å². The van der Waals surface area contributed by atoms with E-state index in [0.717, 1.165) is 6.42 Å². The molecule has 5 nitrogen and oxygen atoms in total. The number of ether oxygens (including phenoxy) is 1. The minimum atomic E-state index is -0.584. The molecule has 0 aromatic carbocycles. The van der Waals surface area contributed by atoms with Gasteiger partial charge in [-0.1, -0.05) is 18.3 Å². The van der Waals surface area contributed by atoms with Crippen molar-refractivity contribution in [2.24, 2.45) is 0 Å². The number of rotatable bonds is 5. The van der Waals surface area contributed by atoms with E-state index in [1.54, 1.807) is 0 Å². The van der Waals surface area contributed by atoms with Gasteiger partial charge < -0.3 is 10.1 Å². The number of carbonyl (C=O) groups is 2. The maximum Gasteiger partial charge on any atom is 0.358 e. The minimum Gasteiger partial charge on any atom is -0.464 e. The van der Waals surface area contributed by atoms with Crippen LogP contribution in [-0.2, 0) is 4.74 Å². The normalized spacial score (nSPS) is 11.2. The SMILES string of the molecule is CCC(C)(C)Nc1nc(C(=O)OC)c(C(C)=O)s1. The second kappa shape index (κ2) is 5.48. The Morgan fingerprint density at radius 1 is 1.44 bits per heavy atom. The summed E-state index contributed by atoms with van der Waals surface area (Å²) in [6, 6.07) is 0. The molecule has 0 unspecified atom stereocenters. The van der Waals surface area contributed by atoms with Crippen LogP contribution < -0.4 is 5.32 Å². The quantitative estimate of drug-likeness (QED) is 0.658. The molecule has 1 N–H and O–H groups in total. The van der Waals surface area contributed by atoms with Gasteiger partial charge in [0.05, 0.1) is 7.11 Å². The van der Waals surface area contributed by atoms with Gasteiger partial charge in [-0.2, -0.15) is 0 Å². The number of thiazole rings is 1. The smallest absolute Gasteiger partial charge is 0.358 e. The second-order valence-electron chi connectivity index (χ2n) is 4.61. The van der Waals surface area contributed by atoms with Gasteiger partial charge in [0, 0.05) is 12.5 Å². The predicted molar refractivity (Wildman–Crippen MR) is 71.5 cm³/mol. The van der Waals surface area contributed by atoms with Gasteiger partial charge in [-0.15, -0.1) is 0 Å². The molecule has 0 fully saturated rings. The molecule has 0 saturated carbocycles. The Kier molecular flexibility index (Phi) is 4.45. The van der Waals surface area contributed by atoms with Crippen LogP contribution in [0.1, 0.15) is 54.3 Å². The van der Waals surface area contributed by atoms with Gasteiger partial charge in [0.25, 0.3) is 0 Å². The van der Waals surface area contributed by atoms with Crippen molar-refractivity contribution in [1.29, 1.82) is 0 Å². The fourth-order valence-electron chi connectivity index (χ4n) is 1.23. The average Bonchev–Trinajstić information content (AvgIpc) is 2.71. The molecule has 0 aliphatic carbocycles. The Morgan fingerprint density at radius 3 is 2.50 bits per heavy atom. The highest BCUT2D eigenvalue weighted by atomic mass is 32.1. The molecule has 0 radical (unpaired) electrons. The molecule has 18 heavy (non-hydrogen) atoms. The molecule has 0 bridgehead atoms. The van der Waals surface area contributed by atoms with Crippen molar-refractivity contribution in [1.82, 2.24) is 4.98 Å². The largest absolute Gasteiger partial charge is 0.464 e. The van der Waals surface area contributed by atoms with Crippen LogP contribution in [0.25, 0.3) is 0 Å². The van der Waals surface area contributed by atoms with Gasteiger partial charge in [-0.05, 0) is 20.3 Å². The number of nitrogens with zero attached hydrogens (tertiary/aromatic N) is 1. The van der Waals surface area contributed by atoms with E-state index in [0.29, 0.717) is 10.0 Å². The molecular weight excluding hydrogens is 252 g/mol. The molecule has 0 spiro atoms. The Balaban J connectivity index is 3.10. The molecule has 0 aliphatic rings. The van der Waals surface area contributed by atoms with Gasteiger partial charge in [-0.25, -0.2) is 9.78 Å². The summed E-state index contributed by atoms with van der Waals surface area (Å²) < 4.78 is 4.62. The van der Waals surface area contributed by atoms with Gasteiger partial charge in [-0.3, -0.25) is 4.79 Å². The molecule has 6 heteroatoms. The maximum atomic E-state index is 11.5. The molecule has 1 aromatic rings. The summed E-state index contributed by atoms with van der Waals surface area (Å²) in [5.74, 6) is -0.769. The van der Waals surface area contributed by atoms with E-state index in [4.69, 9.17) is 0 Å². The molecule has 1 aromatic heterocycles. The summed E-state index contributed by atoms with van der Waals surface area (Å²) in [4.78, 5) is 27.5. The summed E-state index contributed by atoms with van der Waals surface area (Å²) in [5.41, 5.74) is -0.0522. The van der Waals surface area contributed by atoms with Crippen molar-refractivity contribution in [3.63, 3.8) is 0 Å². The zero-order valence-corrected chi connectivity index (χ0v) is 12.1. The number of carbonyl (C=O) groups excluding carboxylic acids is 2. The van der Waals surface area contributed by atoms with Crippen LogP contribution in [0.4, 0.5) is 5.13 Å². The van der Waals surface area contributed by atoms with Crippen LogP contribution in [0.5, 0.6) is 0 Å². The fraction of sp³-hybridized carbons (Fsp3) is 0.583. The fourth-order valence-corrected chi connectivity index (χ4v) is 2.25. The van der Waals surface area contributed by atoms with Crippen molar-refractivity contribution >= 4 is 28.2 Å². The van der Waals surface area contributed by atoms with E-state index in [1.165, 1.54) is 25.4 Å². The number of hydrogen-bond donors (Lipinski definition) is 1. The molecule has 0 amide bonds. The van der Waals surface area contributed by atoms with E-state index in [2.05, 4.69) is 15.0 Å². The van der Waals surface area contributed by atoms with Crippen LogP contribution in [0, 0.1) is 0 Å². The predicted octanol–water partition coefficient (Wildman–Crippen LogP) is 2.73. The van der Waals surface area contributed by atoms with E-state index >= 15 is 0 Å². The molecular formula is C12H18N2O3S. The van der Waals surface area contributed by atoms with E-state index in [-0.39, 0.29) is 17.0 Å². The van der Waals surface area contributed by atoms with E-state index in [9.17, 15) is 9.59 Å². The number of methoxy groups -OCH3 is 1. The topological polar surface area (TPSA) is 68.3 Å². The number of esters is 1. The first-order chi connectivity index (χ1) is 8.30. The van der Waals surface area contributed by atoms with Crippen molar-refractivity contribution < 1.29 is 14.3 Å². The number of anilines is 1. The van der Waals surface area contributed by atoms with Crippen LogP contribution in [0.2, 0.25) is 0 Å². The third kappa shape index (κ3) is 3.29. The van der Waals surface area contributed by atoms with Crippen LogP contribution >= 0.6 is 11.3 Å². The molecule has 0 saturated heterocycles. The van der Waals surface area contributed by atoms with Gasteiger partial charge in [0.2, 0.25) is 0 Å². The summed E-state index contributed by atoms with van der Waals surface area (Å²) in [6.45, 7) is 7.52. The Hall–Kier alpha value is -1.43. The van der Waals surface area contributed by atoms with E-state index in [1.807, 2.05) is 20.8 Å². The van der Waals surface area contributed by atoms with Crippen molar-refractivity contribution in [3.8, 4) is 0 Å². The summed E-state index contributed by atoms with van der Waals surface area (Å²) in [7, 11) is 1.27. The zero-order valence-electron chi connectivity index (χ0n) is 11.3. The van der Waals surface area contributed by atoms with Crippen LogP contribution in [0.3, 0.4) is 0 Å². The first-order valence-electron chi connectivity index (χ1n) is 5.69. The van der Waals surface area contributed by atoms with Gasteiger partial charge in [0.15, 0.2) is 16.6 Å². The Labute approximate surface area is 111 Å². The number of hydrogen-bond acceptors (Lipinski definition) is 6. The Morgan fingerprint density at radius 2 is 2.06 bits per heavy atom. The standard InChI is InChI=1S/C12H18N2O3S/c1-6-12(3,4)14-11-13-8(10(16)17-5)9(18-11)7(2)15/h6H2,1-5H3,(H,13,14). The maximum absolute atomic E-state index is 11.5.